The number of hydrogen-bond donors (Lipinski definition) is 2. The van der Waals surface area contributed by atoms with Crippen LogP contribution in [-0.2, 0) is 25.7 Å². The average molecular weight is 1150 g/mol. The van der Waals surface area contributed by atoms with Gasteiger partial charge in [0.25, 0.3) is 11.8 Å². The molecule has 0 aromatic heterocycles. The number of amides is 2. The predicted molar refractivity (Wildman–Crippen MR) is 342 cm³/mol. The van der Waals surface area contributed by atoms with E-state index in [2.05, 4.69) is 111 Å². The summed E-state index contributed by atoms with van der Waals surface area (Å²) in [5.74, 6) is 21.3. The second-order valence-corrected chi connectivity index (χ2v) is 27.1. The number of fused-ring (bicyclic) bond motifs is 8. The van der Waals surface area contributed by atoms with Gasteiger partial charge in [-0.25, -0.2) is 0 Å². The highest BCUT2D eigenvalue weighted by Gasteiger charge is 2.53. The summed E-state index contributed by atoms with van der Waals surface area (Å²) in [7, 11) is 0. The molecular formula is C78H86N2O6. The maximum absolute atomic E-state index is 15.5. The summed E-state index contributed by atoms with van der Waals surface area (Å²) in [6.45, 7) is 10.6. The Morgan fingerprint density at radius 3 is 0.872 bits per heavy atom. The Hall–Kier alpha value is -7.42. The second-order valence-electron chi connectivity index (χ2n) is 27.1. The van der Waals surface area contributed by atoms with Crippen LogP contribution in [0.1, 0.15) is 218 Å². The highest BCUT2D eigenvalue weighted by Crippen LogP contribution is 2.57. The number of rotatable bonds is 16. The SMILES string of the molecule is CCCOc1c2cc(C#Cc3ccccc3)cc1Cc1cc(C(=O)NC34CC5CC(CC(C5)C3)C4)cc(c1OCCC)Cc1cc(C#Cc3ccccc3)cc(c1OCCC)Cc1cc(C(=O)NC34CC5CC(CC(C5)C3)C4)cc(c1OCCC)C2. The van der Waals surface area contributed by atoms with E-state index in [4.69, 9.17) is 18.9 Å². The number of benzene rings is 6. The third kappa shape index (κ3) is 12.6. The second kappa shape index (κ2) is 25.1. The first-order chi connectivity index (χ1) is 42.0. The molecule has 2 N–H and O–H groups in total. The van der Waals surface area contributed by atoms with Crippen molar-refractivity contribution in [1.29, 1.82) is 0 Å². The van der Waals surface area contributed by atoms with Gasteiger partial charge in [-0.1, -0.05) is 87.8 Å². The van der Waals surface area contributed by atoms with Crippen molar-refractivity contribution in [2.24, 2.45) is 35.5 Å². The smallest absolute Gasteiger partial charge is 0.251 e. The van der Waals surface area contributed by atoms with E-state index >= 15 is 9.59 Å². The Bertz CT molecular complexity index is 3230. The molecule has 16 bridgehead atoms. The van der Waals surface area contributed by atoms with Gasteiger partial charge in [0.1, 0.15) is 23.0 Å². The van der Waals surface area contributed by atoms with Gasteiger partial charge in [0.05, 0.1) is 26.4 Å². The monoisotopic (exact) mass is 1150 g/mol. The van der Waals surface area contributed by atoms with Crippen LogP contribution >= 0.6 is 0 Å². The van der Waals surface area contributed by atoms with Gasteiger partial charge in [-0.05, 0) is 233 Å². The molecular weight excluding hydrogens is 1060 g/mol. The zero-order valence-electron chi connectivity index (χ0n) is 51.3. The molecule has 0 saturated heterocycles. The molecule has 8 heteroatoms. The van der Waals surface area contributed by atoms with Gasteiger partial charge in [0.2, 0.25) is 0 Å². The van der Waals surface area contributed by atoms with Crippen LogP contribution in [0.2, 0.25) is 0 Å². The van der Waals surface area contributed by atoms with Gasteiger partial charge in [-0.15, -0.1) is 0 Å². The zero-order chi connectivity index (χ0) is 58.8. The van der Waals surface area contributed by atoms with Crippen LogP contribution < -0.4 is 29.6 Å². The lowest BCUT2D eigenvalue weighted by atomic mass is 9.53. The lowest BCUT2D eigenvalue weighted by Gasteiger charge is -2.56. The predicted octanol–water partition coefficient (Wildman–Crippen LogP) is 15.7. The summed E-state index contributed by atoms with van der Waals surface area (Å²) < 4.78 is 28.3. The number of ether oxygens (including phenoxy) is 4. The average Bonchev–Trinajstić information content (AvgIpc) is 0.916. The van der Waals surface area contributed by atoms with E-state index in [1.54, 1.807) is 0 Å². The Balaban J connectivity index is 1.04. The fourth-order valence-corrected chi connectivity index (χ4v) is 17.3. The summed E-state index contributed by atoms with van der Waals surface area (Å²) >= 11 is 0. The van der Waals surface area contributed by atoms with Gasteiger partial charge in [0, 0.05) is 92.4 Å². The van der Waals surface area contributed by atoms with Crippen LogP contribution in [0.3, 0.4) is 0 Å². The third-order valence-electron chi connectivity index (χ3n) is 19.9. The van der Waals surface area contributed by atoms with Crippen LogP contribution in [0, 0.1) is 59.2 Å². The summed E-state index contributed by atoms with van der Waals surface area (Å²) in [6.07, 6.45) is 18.9. The number of hydrogen-bond acceptors (Lipinski definition) is 6. The molecule has 0 heterocycles. The largest absolute Gasteiger partial charge is 0.493 e. The van der Waals surface area contributed by atoms with Crippen molar-refractivity contribution in [2.45, 2.75) is 167 Å². The molecule has 8 nitrogen and oxygen atoms in total. The Morgan fingerprint density at radius 2 is 0.616 bits per heavy atom. The molecule has 6 aromatic carbocycles. The molecule has 8 fully saturated rings. The minimum absolute atomic E-state index is 0.0247. The highest BCUT2D eigenvalue weighted by molar-refractivity contribution is 5.96. The van der Waals surface area contributed by atoms with Crippen LogP contribution in [0.4, 0.5) is 0 Å². The van der Waals surface area contributed by atoms with Crippen molar-refractivity contribution < 1.29 is 28.5 Å². The molecule has 6 aromatic rings. The van der Waals surface area contributed by atoms with E-state index in [1.165, 1.54) is 38.5 Å². The third-order valence-corrected chi connectivity index (χ3v) is 19.9. The maximum Gasteiger partial charge on any atom is 0.251 e. The molecule has 0 aliphatic heterocycles. The van der Waals surface area contributed by atoms with E-state index in [-0.39, 0.29) is 22.9 Å². The van der Waals surface area contributed by atoms with E-state index in [0.717, 1.165) is 154 Å². The molecule has 9 aliphatic rings. The van der Waals surface area contributed by atoms with Crippen LogP contribution in [0.15, 0.2) is 109 Å². The van der Waals surface area contributed by atoms with Crippen LogP contribution in [-0.4, -0.2) is 49.3 Å². The summed E-state index contributed by atoms with van der Waals surface area (Å²) in [6, 6.07) is 37.5. The van der Waals surface area contributed by atoms with E-state index < -0.39 is 0 Å². The molecule has 0 radical (unpaired) electrons. The first kappa shape index (κ1) is 57.6. The van der Waals surface area contributed by atoms with Crippen molar-refractivity contribution in [3.05, 3.63) is 187 Å². The first-order valence-corrected chi connectivity index (χ1v) is 32.9. The molecule has 0 spiro atoms. The summed E-state index contributed by atoms with van der Waals surface area (Å²) in [4.78, 5) is 30.9. The molecule has 86 heavy (non-hydrogen) atoms. The topological polar surface area (TPSA) is 95.1 Å². The van der Waals surface area contributed by atoms with Crippen LogP contribution in [0.5, 0.6) is 23.0 Å². The van der Waals surface area contributed by atoms with Crippen LogP contribution in [0.25, 0.3) is 0 Å². The standard InChI is InChI=1S/C78H86N2O6/c1-5-23-83-71-61-33-53(21-19-51-15-11-9-12-16-51)34-62(71)38-66-42-70(76(82)80-78-48-58-30-59(49-78)32-60(31-58)50-78)44-68(74(66)86-26-8-4)40-64-36-54(22-20-52-17-13-10-14-18-52)35-63(72(64)84-24-6-2)39-67-43-69(41-65(37-61)73(67)85-25-7-3)75(81)79-77-45-55-27-56(46-77)29-57(28-55)47-77/h9-18,33-36,41-44,55-60H,5-8,23-32,37-40,45-50H2,1-4H3,(H,79,81)(H,80,82). The molecule has 0 unspecified atom stereocenters. The van der Waals surface area contributed by atoms with E-state index in [9.17, 15) is 0 Å². The lowest BCUT2D eigenvalue weighted by molar-refractivity contribution is -0.0171. The first-order valence-electron chi connectivity index (χ1n) is 32.9. The molecule has 9 aliphatic carbocycles. The van der Waals surface area contributed by atoms with Gasteiger partial charge >= 0.3 is 0 Å². The van der Waals surface area contributed by atoms with Crippen molar-refractivity contribution in [3.63, 3.8) is 0 Å². The molecule has 8 saturated carbocycles. The van der Waals surface area contributed by atoms with Crippen molar-refractivity contribution in [1.82, 2.24) is 10.6 Å². The highest BCUT2D eigenvalue weighted by atomic mass is 16.5. The Labute approximate surface area is 511 Å². The fourth-order valence-electron chi connectivity index (χ4n) is 17.3. The molecule has 15 rings (SSSR count). The molecule has 444 valence electrons. The normalized spacial score (nSPS) is 24.4. The van der Waals surface area contributed by atoms with Crippen molar-refractivity contribution >= 4 is 11.8 Å². The Kier molecular flexibility index (Phi) is 16.8. The summed E-state index contributed by atoms with van der Waals surface area (Å²) in [5.41, 5.74) is 11.9. The Morgan fingerprint density at radius 1 is 0.372 bits per heavy atom. The quantitative estimate of drug-likeness (QED) is 0.0936. The lowest BCUT2D eigenvalue weighted by Crippen LogP contribution is -2.59. The van der Waals surface area contributed by atoms with Crippen molar-refractivity contribution in [2.75, 3.05) is 26.4 Å². The van der Waals surface area contributed by atoms with Gasteiger partial charge in [0.15, 0.2) is 0 Å². The number of carbonyl (C=O) groups is 2. The minimum atomic E-state index is -0.189. The molecule has 0 atom stereocenters. The summed E-state index contributed by atoms with van der Waals surface area (Å²) in [5, 5.41) is 7.53. The maximum atomic E-state index is 15.5. The van der Waals surface area contributed by atoms with Gasteiger partial charge in [-0.2, -0.15) is 0 Å². The van der Waals surface area contributed by atoms with Gasteiger partial charge in [-0.3, -0.25) is 9.59 Å². The number of nitrogens with one attached hydrogen (secondary N) is 2. The van der Waals surface area contributed by atoms with Gasteiger partial charge < -0.3 is 29.6 Å². The van der Waals surface area contributed by atoms with E-state index in [1.807, 2.05) is 60.7 Å². The number of carbonyl (C=O) groups excluding carboxylic acids is 2. The minimum Gasteiger partial charge on any atom is -0.493 e. The zero-order valence-corrected chi connectivity index (χ0v) is 51.3. The van der Waals surface area contributed by atoms with Crippen molar-refractivity contribution in [3.8, 4) is 46.7 Å². The van der Waals surface area contributed by atoms with E-state index in [0.29, 0.717) is 98.7 Å². The fraction of sp³-hybridized carbons (Fsp3) is 0.462. The molecule has 2 amide bonds.